The van der Waals surface area contributed by atoms with E-state index in [-0.39, 0.29) is 5.75 Å². The van der Waals surface area contributed by atoms with E-state index in [4.69, 9.17) is 0 Å². The molecule has 0 unspecified atom stereocenters. The highest BCUT2D eigenvalue weighted by molar-refractivity contribution is 7.19. The van der Waals surface area contributed by atoms with Gasteiger partial charge in [-0.15, -0.1) is 10.2 Å². The lowest BCUT2D eigenvalue weighted by Crippen LogP contribution is -2.01. The van der Waals surface area contributed by atoms with Crippen molar-refractivity contribution in [1.82, 2.24) is 29.6 Å². The fourth-order valence-electron chi connectivity index (χ4n) is 2.95. The fraction of sp³-hybridized carbons (Fsp3) is 0.333. The molecule has 0 spiro atoms. The van der Waals surface area contributed by atoms with Crippen LogP contribution in [-0.2, 0) is 13.5 Å². The van der Waals surface area contributed by atoms with E-state index in [1.54, 1.807) is 21.3 Å². The van der Waals surface area contributed by atoms with Gasteiger partial charge in [0.1, 0.15) is 16.5 Å². The van der Waals surface area contributed by atoms with Crippen LogP contribution in [0.3, 0.4) is 0 Å². The largest absolute Gasteiger partial charge is 0.435 e. The smallest absolute Gasteiger partial charge is 0.387 e. The number of fused-ring (bicyclic) bond motifs is 1. The summed E-state index contributed by atoms with van der Waals surface area (Å²) in [5.41, 5.74) is 2.47. The van der Waals surface area contributed by atoms with Crippen molar-refractivity contribution < 1.29 is 13.5 Å². The van der Waals surface area contributed by atoms with Crippen LogP contribution in [0.5, 0.6) is 5.75 Å². The number of aryl methyl sites for hydroxylation is 1. The van der Waals surface area contributed by atoms with Crippen molar-refractivity contribution in [2.45, 2.75) is 26.9 Å². The van der Waals surface area contributed by atoms with Crippen LogP contribution in [-0.4, -0.2) is 36.2 Å². The van der Waals surface area contributed by atoms with Gasteiger partial charge in [0.05, 0.1) is 5.69 Å². The summed E-state index contributed by atoms with van der Waals surface area (Å²) in [5.74, 6) is 1.17. The maximum absolute atomic E-state index is 12.5. The Hall–Kier alpha value is -2.88. The van der Waals surface area contributed by atoms with Crippen LogP contribution >= 0.6 is 11.3 Å². The van der Waals surface area contributed by atoms with Crippen molar-refractivity contribution >= 4 is 16.3 Å². The van der Waals surface area contributed by atoms with Gasteiger partial charge in [0.2, 0.25) is 10.8 Å². The molecule has 3 heterocycles. The second-order valence-electron chi connectivity index (χ2n) is 6.77. The van der Waals surface area contributed by atoms with Gasteiger partial charge in [-0.05, 0) is 30.5 Å². The molecule has 0 atom stereocenters. The van der Waals surface area contributed by atoms with E-state index >= 15 is 0 Å². The standard InChI is InChI=1S/C18H18F2N6OS/c1-10(2)7-12-9-14(25(3)23-12)15-21-22-18-26(15)24-16(28-18)11-5-4-6-13(8-11)27-17(19)20/h4-6,8-10,17H,7H2,1-3H3. The predicted molar refractivity (Wildman–Crippen MR) is 101 cm³/mol. The highest BCUT2D eigenvalue weighted by Gasteiger charge is 2.19. The van der Waals surface area contributed by atoms with Crippen LogP contribution in [0, 0.1) is 5.92 Å². The Morgan fingerprint density at radius 2 is 1.96 bits per heavy atom. The van der Waals surface area contributed by atoms with Gasteiger partial charge in [-0.1, -0.05) is 37.3 Å². The molecular formula is C18H18F2N6OS. The molecule has 0 N–H and O–H groups in total. The lowest BCUT2D eigenvalue weighted by molar-refractivity contribution is -0.0498. The molecule has 0 radical (unpaired) electrons. The number of halogens is 2. The van der Waals surface area contributed by atoms with Crippen LogP contribution < -0.4 is 4.74 Å². The van der Waals surface area contributed by atoms with Crippen LogP contribution in [0.4, 0.5) is 8.78 Å². The van der Waals surface area contributed by atoms with E-state index in [2.05, 4.69) is 39.0 Å². The van der Waals surface area contributed by atoms with Crippen LogP contribution in [0.25, 0.3) is 27.1 Å². The Morgan fingerprint density at radius 1 is 1.14 bits per heavy atom. The van der Waals surface area contributed by atoms with Crippen LogP contribution in [0.15, 0.2) is 30.3 Å². The molecule has 4 rings (SSSR count). The predicted octanol–water partition coefficient (Wildman–Crippen LogP) is 4.05. The summed E-state index contributed by atoms with van der Waals surface area (Å²) >= 11 is 1.32. The van der Waals surface area contributed by atoms with Gasteiger partial charge in [0, 0.05) is 12.6 Å². The molecule has 3 aromatic heterocycles. The van der Waals surface area contributed by atoms with Gasteiger partial charge in [-0.2, -0.15) is 23.5 Å². The summed E-state index contributed by atoms with van der Waals surface area (Å²) in [6, 6.07) is 8.44. The molecule has 0 fully saturated rings. The Balaban J connectivity index is 1.71. The van der Waals surface area contributed by atoms with Crippen molar-refractivity contribution in [3.63, 3.8) is 0 Å². The third-order valence-corrected chi connectivity index (χ3v) is 5.02. The third kappa shape index (κ3) is 3.59. The van der Waals surface area contributed by atoms with Gasteiger partial charge < -0.3 is 4.74 Å². The van der Waals surface area contributed by atoms with Gasteiger partial charge >= 0.3 is 6.61 Å². The Kier molecular flexibility index (Phi) is 4.80. The van der Waals surface area contributed by atoms with Crippen LogP contribution in [0.1, 0.15) is 19.5 Å². The summed E-state index contributed by atoms with van der Waals surface area (Å²) in [6.07, 6.45) is 0.870. The second kappa shape index (κ2) is 7.27. The number of hydrogen-bond donors (Lipinski definition) is 0. The number of nitrogens with zero attached hydrogens (tertiary/aromatic N) is 6. The van der Waals surface area contributed by atoms with Gasteiger partial charge in [-0.25, -0.2) is 0 Å². The topological polar surface area (TPSA) is 70.1 Å². The summed E-state index contributed by atoms with van der Waals surface area (Å²) in [6.45, 7) is 1.41. The first kappa shape index (κ1) is 18.5. The fourth-order valence-corrected chi connectivity index (χ4v) is 3.79. The van der Waals surface area contributed by atoms with E-state index in [1.165, 1.54) is 23.5 Å². The van der Waals surface area contributed by atoms with Crippen LogP contribution in [0.2, 0.25) is 0 Å². The molecule has 0 saturated heterocycles. The zero-order valence-corrected chi connectivity index (χ0v) is 16.3. The molecule has 28 heavy (non-hydrogen) atoms. The summed E-state index contributed by atoms with van der Waals surface area (Å²) in [4.78, 5) is 0.608. The molecular weight excluding hydrogens is 386 g/mol. The minimum absolute atomic E-state index is 0.0867. The minimum atomic E-state index is -2.87. The summed E-state index contributed by atoms with van der Waals surface area (Å²) in [7, 11) is 1.86. The van der Waals surface area contributed by atoms with E-state index < -0.39 is 6.61 Å². The van der Waals surface area contributed by atoms with E-state index in [0.29, 0.717) is 27.3 Å². The molecule has 10 heteroatoms. The number of rotatable bonds is 6. The van der Waals surface area contributed by atoms with E-state index in [0.717, 1.165) is 17.8 Å². The van der Waals surface area contributed by atoms with Crippen molar-refractivity contribution in [3.8, 4) is 27.8 Å². The molecule has 4 aromatic rings. The molecule has 0 aliphatic carbocycles. The molecule has 0 amide bonds. The summed E-state index contributed by atoms with van der Waals surface area (Å²) < 4.78 is 32.8. The summed E-state index contributed by atoms with van der Waals surface area (Å²) in [5, 5.41) is 18.2. The first-order valence-electron chi connectivity index (χ1n) is 8.71. The van der Waals surface area contributed by atoms with E-state index in [9.17, 15) is 8.78 Å². The lowest BCUT2D eigenvalue weighted by atomic mass is 10.1. The number of hydrogen-bond acceptors (Lipinski definition) is 6. The van der Waals surface area contributed by atoms with Crippen molar-refractivity contribution in [3.05, 3.63) is 36.0 Å². The highest BCUT2D eigenvalue weighted by Crippen LogP contribution is 2.30. The molecule has 1 aromatic carbocycles. The monoisotopic (exact) mass is 404 g/mol. The molecule has 0 bridgehead atoms. The number of ether oxygens (including phenoxy) is 1. The molecule has 7 nitrogen and oxygen atoms in total. The maximum Gasteiger partial charge on any atom is 0.387 e. The number of aromatic nitrogens is 6. The average Bonchev–Trinajstić information content (AvgIpc) is 3.28. The normalized spacial score (nSPS) is 11.8. The first-order valence-corrected chi connectivity index (χ1v) is 9.53. The Labute approximate surface area is 163 Å². The highest BCUT2D eigenvalue weighted by atomic mass is 32.1. The van der Waals surface area contributed by atoms with Gasteiger partial charge in [0.25, 0.3) is 0 Å². The Morgan fingerprint density at radius 3 is 2.71 bits per heavy atom. The zero-order chi connectivity index (χ0) is 19.8. The first-order chi connectivity index (χ1) is 13.4. The minimum Gasteiger partial charge on any atom is -0.435 e. The van der Waals surface area contributed by atoms with Crippen molar-refractivity contribution in [2.24, 2.45) is 13.0 Å². The maximum atomic E-state index is 12.5. The SMILES string of the molecule is CC(C)Cc1cc(-c2nnc3sc(-c4cccc(OC(F)F)c4)nn23)n(C)n1. The van der Waals surface area contributed by atoms with E-state index in [1.807, 2.05) is 13.1 Å². The average molecular weight is 404 g/mol. The van der Waals surface area contributed by atoms with Gasteiger partial charge in [0.15, 0.2) is 0 Å². The van der Waals surface area contributed by atoms with Crippen molar-refractivity contribution in [2.75, 3.05) is 0 Å². The second-order valence-corrected chi connectivity index (χ2v) is 7.73. The number of benzene rings is 1. The molecule has 0 saturated carbocycles. The lowest BCUT2D eigenvalue weighted by Gasteiger charge is -2.04. The third-order valence-electron chi connectivity index (χ3n) is 4.07. The van der Waals surface area contributed by atoms with Crippen molar-refractivity contribution in [1.29, 1.82) is 0 Å². The molecule has 0 aliphatic heterocycles. The molecule has 146 valence electrons. The quantitative estimate of drug-likeness (QED) is 0.485. The zero-order valence-electron chi connectivity index (χ0n) is 15.5. The number of alkyl halides is 2. The Bertz CT molecular complexity index is 1120. The molecule has 0 aliphatic rings. The van der Waals surface area contributed by atoms with Gasteiger partial charge in [-0.3, -0.25) is 4.68 Å².